The lowest BCUT2D eigenvalue weighted by atomic mass is 9.77. The van der Waals surface area contributed by atoms with Gasteiger partial charge in [-0.2, -0.15) is 0 Å². The van der Waals surface area contributed by atoms with Gasteiger partial charge in [0.15, 0.2) is 0 Å². The lowest BCUT2D eigenvalue weighted by Gasteiger charge is -2.26. The van der Waals surface area contributed by atoms with Crippen LogP contribution >= 0.6 is 0 Å². The average molecular weight is 264 g/mol. The molecule has 6 heteroatoms. The summed E-state index contributed by atoms with van der Waals surface area (Å²) in [7, 11) is 0. The minimum atomic E-state index is -1.08. The van der Waals surface area contributed by atoms with Gasteiger partial charge in [0.1, 0.15) is 24.0 Å². The number of rotatable bonds is 3. The van der Waals surface area contributed by atoms with Crippen molar-refractivity contribution in [3.8, 4) is 0 Å². The number of hydrogen-bond donors (Lipinski definition) is 0. The number of hydrogen-bond acceptors (Lipinski definition) is 6. The zero-order chi connectivity index (χ0) is 13.8. The quantitative estimate of drug-likeness (QED) is 0.312. The topological polar surface area (TPSA) is 78.9 Å². The predicted molar refractivity (Wildman–Crippen MR) is 60.6 cm³/mol. The first-order valence-corrected chi connectivity index (χ1v) is 5.90. The fourth-order valence-electron chi connectivity index (χ4n) is 2.77. The Labute approximate surface area is 109 Å². The van der Waals surface area contributed by atoms with Gasteiger partial charge < -0.3 is 14.2 Å². The normalized spacial score (nSPS) is 38.3. The first-order chi connectivity index (χ1) is 8.94. The molecule has 100 valence electrons. The molecule has 0 aromatic heterocycles. The van der Waals surface area contributed by atoms with E-state index in [2.05, 4.69) is 11.3 Å². The van der Waals surface area contributed by atoms with Gasteiger partial charge >= 0.3 is 17.9 Å². The van der Waals surface area contributed by atoms with Gasteiger partial charge in [0.2, 0.25) is 0 Å². The highest BCUT2D eigenvalue weighted by molar-refractivity contribution is 5.99. The molecular weight excluding hydrogens is 252 g/mol. The molecule has 0 aromatic carbocycles. The second-order valence-electron chi connectivity index (χ2n) is 5.00. The maximum Gasteiger partial charge on any atom is 0.333 e. The summed E-state index contributed by atoms with van der Waals surface area (Å²) >= 11 is 0. The van der Waals surface area contributed by atoms with Crippen molar-refractivity contribution in [2.75, 3.05) is 6.61 Å². The fraction of sp³-hybridized carbons (Fsp3) is 0.462. The van der Waals surface area contributed by atoms with Crippen molar-refractivity contribution in [1.29, 1.82) is 0 Å². The van der Waals surface area contributed by atoms with Gasteiger partial charge in [0.25, 0.3) is 0 Å². The Morgan fingerprint density at radius 3 is 2.89 bits per heavy atom. The van der Waals surface area contributed by atoms with E-state index < -0.39 is 41.4 Å². The van der Waals surface area contributed by atoms with Crippen LogP contribution in [0.25, 0.3) is 0 Å². The third kappa shape index (κ3) is 1.56. The van der Waals surface area contributed by atoms with Gasteiger partial charge in [0.05, 0.1) is 6.10 Å². The third-order valence-corrected chi connectivity index (χ3v) is 3.67. The average Bonchev–Trinajstić information content (AvgIpc) is 2.98. The molecule has 0 N–H and O–H groups in total. The number of ether oxygens (including phenoxy) is 3. The summed E-state index contributed by atoms with van der Waals surface area (Å²) in [6, 6.07) is 0. The first kappa shape index (κ1) is 12.1. The van der Waals surface area contributed by atoms with Gasteiger partial charge in [0, 0.05) is 5.57 Å². The van der Waals surface area contributed by atoms with E-state index in [1.165, 1.54) is 6.92 Å². The van der Waals surface area contributed by atoms with Crippen molar-refractivity contribution >= 4 is 17.9 Å². The molecule has 0 aromatic rings. The van der Waals surface area contributed by atoms with E-state index in [9.17, 15) is 14.4 Å². The van der Waals surface area contributed by atoms with Crippen molar-refractivity contribution in [1.82, 2.24) is 0 Å². The van der Waals surface area contributed by atoms with E-state index in [0.29, 0.717) is 0 Å². The largest absolute Gasteiger partial charge is 0.459 e. The zero-order valence-electron chi connectivity index (χ0n) is 10.3. The Kier molecular flexibility index (Phi) is 2.40. The SMILES string of the molecule is C=C(C)C(=O)OC[C@@]12C=C[C@@H](O1)C1C(=O)OC(=O)C12. The van der Waals surface area contributed by atoms with Crippen LogP contribution in [0.1, 0.15) is 6.92 Å². The van der Waals surface area contributed by atoms with E-state index in [-0.39, 0.29) is 12.2 Å². The van der Waals surface area contributed by atoms with E-state index in [4.69, 9.17) is 9.47 Å². The Morgan fingerprint density at radius 1 is 1.47 bits per heavy atom. The maximum atomic E-state index is 11.7. The molecule has 3 heterocycles. The van der Waals surface area contributed by atoms with Crippen molar-refractivity contribution in [2.24, 2.45) is 11.8 Å². The minimum Gasteiger partial charge on any atom is -0.459 e. The summed E-state index contributed by atoms with van der Waals surface area (Å²) in [5, 5.41) is 0. The van der Waals surface area contributed by atoms with Gasteiger partial charge in [-0.05, 0) is 13.0 Å². The second kappa shape index (κ2) is 3.77. The molecule has 0 radical (unpaired) electrons. The van der Waals surface area contributed by atoms with Crippen LogP contribution in [0.5, 0.6) is 0 Å². The van der Waals surface area contributed by atoms with Crippen LogP contribution in [0.2, 0.25) is 0 Å². The molecule has 0 saturated carbocycles. The van der Waals surface area contributed by atoms with Gasteiger partial charge in [-0.3, -0.25) is 9.59 Å². The lowest BCUT2D eigenvalue weighted by Crippen LogP contribution is -2.42. The molecule has 0 amide bonds. The standard InChI is InChI=1S/C13H12O6/c1-6(2)10(14)17-5-13-4-3-7(19-13)8-9(13)12(16)18-11(8)15/h3-4,7-9H,1,5H2,2H3/t7-,8?,9?,13-/m1/s1. The molecule has 2 unspecified atom stereocenters. The van der Waals surface area contributed by atoms with Crippen LogP contribution in [0, 0.1) is 11.8 Å². The first-order valence-electron chi connectivity index (χ1n) is 5.90. The monoisotopic (exact) mass is 264 g/mol. The Morgan fingerprint density at radius 2 is 2.21 bits per heavy atom. The minimum absolute atomic E-state index is 0.130. The van der Waals surface area contributed by atoms with E-state index >= 15 is 0 Å². The van der Waals surface area contributed by atoms with Gasteiger partial charge in [-0.1, -0.05) is 12.7 Å². The second-order valence-corrected chi connectivity index (χ2v) is 5.00. The van der Waals surface area contributed by atoms with Crippen LogP contribution < -0.4 is 0 Å². The Balaban J connectivity index is 1.82. The van der Waals surface area contributed by atoms with Crippen LogP contribution in [-0.4, -0.2) is 36.2 Å². The molecule has 3 aliphatic heterocycles. The molecule has 3 rings (SSSR count). The van der Waals surface area contributed by atoms with Gasteiger partial charge in [-0.15, -0.1) is 0 Å². The molecule has 2 fully saturated rings. The summed E-state index contributed by atoms with van der Waals surface area (Å²) in [5.41, 5.74) is -0.821. The van der Waals surface area contributed by atoms with Crippen molar-refractivity contribution < 1.29 is 28.6 Å². The maximum absolute atomic E-state index is 11.7. The van der Waals surface area contributed by atoms with E-state index in [1.807, 2.05) is 0 Å². The summed E-state index contributed by atoms with van der Waals surface area (Å²) in [5.74, 6) is -3.10. The summed E-state index contributed by atoms with van der Waals surface area (Å²) in [6.45, 7) is 4.87. The Hall–Kier alpha value is -1.95. The van der Waals surface area contributed by atoms with Crippen LogP contribution in [-0.2, 0) is 28.6 Å². The number of carbonyl (C=O) groups is 3. The highest BCUT2D eigenvalue weighted by atomic mass is 16.6. The fourth-order valence-corrected chi connectivity index (χ4v) is 2.77. The number of cyclic esters (lactones) is 2. The highest BCUT2D eigenvalue weighted by Crippen LogP contribution is 2.51. The van der Waals surface area contributed by atoms with Crippen molar-refractivity contribution in [2.45, 2.75) is 18.6 Å². The zero-order valence-corrected chi connectivity index (χ0v) is 10.3. The molecular formula is C13H12O6. The van der Waals surface area contributed by atoms with Crippen LogP contribution in [0.3, 0.4) is 0 Å². The molecule has 3 aliphatic rings. The van der Waals surface area contributed by atoms with Crippen LogP contribution in [0.4, 0.5) is 0 Å². The summed E-state index contributed by atoms with van der Waals surface area (Å²) < 4.78 is 15.4. The number of carbonyl (C=O) groups excluding carboxylic acids is 3. The highest BCUT2D eigenvalue weighted by Gasteiger charge is 2.67. The van der Waals surface area contributed by atoms with Crippen molar-refractivity contribution in [3.63, 3.8) is 0 Å². The Bertz CT molecular complexity index is 533. The third-order valence-electron chi connectivity index (χ3n) is 3.67. The molecule has 6 nitrogen and oxygen atoms in total. The van der Waals surface area contributed by atoms with Gasteiger partial charge in [-0.25, -0.2) is 4.79 Å². The molecule has 2 bridgehead atoms. The molecule has 0 aliphatic carbocycles. The molecule has 4 atom stereocenters. The number of fused-ring (bicyclic) bond motifs is 5. The predicted octanol–water partition coefficient (Wildman–Crippen LogP) is 0.129. The smallest absolute Gasteiger partial charge is 0.333 e. The van der Waals surface area contributed by atoms with E-state index in [1.54, 1.807) is 12.2 Å². The molecule has 2 saturated heterocycles. The van der Waals surface area contributed by atoms with Crippen LogP contribution in [0.15, 0.2) is 24.3 Å². The molecule has 0 spiro atoms. The number of esters is 3. The lowest BCUT2D eigenvalue weighted by molar-refractivity contribution is -0.162. The van der Waals surface area contributed by atoms with Crippen molar-refractivity contribution in [3.05, 3.63) is 24.3 Å². The van der Waals surface area contributed by atoms with E-state index in [0.717, 1.165) is 0 Å². The summed E-state index contributed by atoms with van der Waals surface area (Å²) in [6.07, 6.45) is 2.90. The summed E-state index contributed by atoms with van der Waals surface area (Å²) in [4.78, 5) is 34.7. The molecule has 19 heavy (non-hydrogen) atoms.